The third kappa shape index (κ3) is 5.04. The van der Waals surface area contributed by atoms with Gasteiger partial charge in [0.25, 0.3) is 0 Å². The van der Waals surface area contributed by atoms with E-state index in [0.717, 1.165) is 0 Å². The zero-order valence-corrected chi connectivity index (χ0v) is 20.3. The Morgan fingerprint density at radius 1 is 1.40 bits per heavy atom. The monoisotopic (exact) mass is 518 g/mol. The number of aliphatic carboxylic acids is 1. The third-order valence-electron chi connectivity index (χ3n) is 6.38. The third-order valence-corrected chi connectivity index (χ3v) is 7.36. The summed E-state index contributed by atoms with van der Waals surface area (Å²) in [6, 6.07) is 6.22. The summed E-state index contributed by atoms with van der Waals surface area (Å²) >= 11 is 7.20. The van der Waals surface area contributed by atoms with Crippen molar-refractivity contribution in [1.82, 2.24) is 14.9 Å². The molecule has 3 N–H and O–H groups in total. The van der Waals surface area contributed by atoms with Crippen molar-refractivity contribution in [3.63, 3.8) is 0 Å². The van der Waals surface area contributed by atoms with E-state index in [2.05, 4.69) is 15.3 Å². The fourth-order valence-corrected chi connectivity index (χ4v) is 5.32. The lowest BCUT2D eigenvalue weighted by molar-refractivity contribution is -0.160. The maximum atomic E-state index is 14.7. The number of pyridine rings is 1. The summed E-state index contributed by atoms with van der Waals surface area (Å²) in [6.45, 7) is 1.70. The van der Waals surface area contributed by atoms with Crippen LogP contribution in [0.15, 0.2) is 41.9 Å². The molecule has 1 aliphatic rings. The lowest BCUT2D eigenvalue weighted by Crippen LogP contribution is -2.58. The highest BCUT2D eigenvalue weighted by molar-refractivity contribution is 7.13. The molecule has 1 aromatic carbocycles. The second kappa shape index (κ2) is 9.81. The number of benzene rings is 1. The number of thiazole rings is 1. The minimum Gasteiger partial charge on any atom is -0.481 e. The maximum Gasteiger partial charge on any atom is 0.310 e. The number of aromatic nitrogens is 2. The molecule has 1 aliphatic heterocycles. The van der Waals surface area contributed by atoms with Gasteiger partial charge in [-0.3, -0.25) is 9.69 Å². The van der Waals surface area contributed by atoms with E-state index in [4.69, 9.17) is 19.4 Å². The van der Waals surface area contributed by atoms with Crippen molar-refractivity contribution in [1.29, 1.82) is 0 Å². The summed E-state index contributed by atoms with van der Waals surface area (Å²) in [6.07, 6.45) is 1.49. The summed E-state index contributed by atoms with van der Waals surface area (Å²) in [4.78, 5) is 22.3. The molecule has 12 heteroatoms. The SMILES string of the molecule is [B]C(O)(c1cccc(Cl)c1F)N1CCC(Cc2nc(Nc3nccs3)ccc2F)(C(=O)O)CC1C. The lowest BCUT2D eigenvalue weighted by atomic mass is 9.69. The molecule has 0 saturated carbocycles. The number of piperidine rings is 1. The van der Waals surface area contributed by atoms with Crippen LogP contribution in [0.1, 0.15) is 31.0 Å². The summed E-state index contributed by atoms with van der Waals surface area (Å²) in [7, 11) is 6.15. The smallest absolute Gasteiger partial charge is 0.310 e. The van der Waals surface area contributed by atoms with Gasteiger partial charge < -0.3 is 15.5 Å². The molecule has 0 aliphatic carbocycles. The molecule has 0 amide bonds. The van der Waals surface area contributed by atoms with Gasteiger partial charge in [0.05, 0.1) is 21.8 Å². The minimum atomic E-state index is -2.22. The number of nitrogens with one attached hydrogen (secondary N) is 1. The minimum absolute atomic E-state index is 0.00139. The van der Waals surface area contributed by atoms with Crippen molar-refractivity contribution in [3.05, 3.63) is 69.8 Å². The van der Waals surface area contributed by atoms with Gasteiger partial charge in [0.15, 0.2) is 5.13 Å². The van der Waals surface area contributed by atoms with E-state index in [-0.39, 0.29) is 42.1 Å². The van der Waals surface area contributed by atoms with Gasteiger partial charge in [0.1, 0.15) is 25.3 Å². The number of aliphatic hydroxyl groups is 1. The molecule has 3 atom stereocenters. The van der Waals surface area contributed by atoms with Crippen LogP contribution in [0.3, 0.4) is 0 Å². The number of likely N-dealkylation sites (tertiary alicyclic amines) is 1. The van der Waals surface area contributed by atoms with E-state index in [1.54, 1.807) is 18.5 Å². The van der Waals surface area contributed by atoms with E-state index in [1.165, 1.54) is 46.6 Å². The van der Waals surface area contributed by atoms with Crippen LogP contribution < -0.4 is 5.32 Å². The van der Waals surface area contributed by atoms with Crippen LogP contribution in [0.5, 0.6) is 0 Å². The Kier molecular flexibility index (Phi) is 7.15. The number of nitrogens with zero attached hydrogens (tertiary/aromatic N) is 3. The van der Waals surface area contributed by atoms with Gasteiger partial charge >= 0.3 is 5.97 Å². The number of anilines is 2. The van der Waals surface area contributed by atoms with Gasteiger partial charge in [0.2, 0.25) is 0 Å². The highest BCUT2D eigenvalue weighted by Crippen LogP contribution is 2.42. The summed E-state index contributed by atoms with van der Waals surface area (Å²) in [5, 5.41) is 26.3. The number of rotatable bonds is 7. The zero-order chi connectivity index (χ0) is 25.4. The first-order valence-electron chi connectivity index (χ1n) is 10.8. The molecule has 182 valence electrons. The summed E-state index contributed by atoms with van der Waals surface area (Å²) in [5.74, 6) is -2.24. The molecule has 4 rings (SSSR count). The molecule has 3 heterocycles. The van der Waals surface area contributed by atoms with Gasteiger partial charge in [-0.05, 0) is 38.0 Å². The molecule has 3 aromatic rings. The molecule has 2 radical (unpaired) electrons. The Bertz CT molecular complexity index is 1230. The normalized spacial score (nSPS) is 22.5. The predicted molar refractivity (Wildman–Crippen MR) is 130 cm³/mol. The van der Waals surface area contributed by atoms with E-state index in [1.807, 2.05) is 0 Å². The Balaban J connectivity index is 1.58. The predicted octanol–water partition coefficient (Wildman–Crippen LogP) is 4.28. The average Bonchev–Trinajstić information content (AvgIpc) is 3.30. The van der Waals surface area contributed by atoms with Gasteiger partial charge in [-0.25, -0.2) is 18.7 Å². The highest BCUT2D eigenvalue weighted by atomic mass is 35.5. The zero-order valence-electron chi connectivity index (χ0n) is 18.7. The highest BCUT2D eigenvalue weighted by Gasteiger charge is 2.49. The lowest BCUT2D eigenvalue weighted by Gasteiger charge is -2.49. The molecule has 0 bridgehead atoms. The van der Waals surface area contributed by atoms with Crippen LogP contribution in [0.25, 0.3) is 0 Å². The molecule has 3 unspecified atom stereocenters. The number of hydrogen-bond donors (Lipinski definition) is 3. The molecule has 1 saturated heterocycles. The van der Waals surface area contributed by atoms with Crippen molar-refractivity contribution in [2.75, 3.05) is 11.9 Å². The van der Waals surface area contributed by atoms with Gasteiger partial charge in [0, 0.05) is 36.1 Å². The number of carbonyl (C=O) groups is 1. The standard InChI is InChI=1S/C23H22BClF2N4O3S/c1-13-11-22(20(32)33,7-9-31(13)23(24,34)14-3-2-4-15(25)19(14)27)12-17-16(26)5-6-18(29-17)30-21-28-8-10-35-21/h2-6,8,10,13,34H,7,9,11-12H2,1H3,(H,32,33)(H,28,29,30). The molecule has 35 heavy (non-hydrogen) atoms. The largest absolute Gasteiger partial charge is 0.481 e. The molecule has 2 aromatic heterocycles. The number of carboxylic acids is 1. The first-order valence-corrected chi connectivity index (χ1v) is 12.1. The Morgan fingerprint density at radius 3 is 2.83 bits per heavy atom. The van der Waals surface area contributed by atoms with Crippen LogP contribution >= 0.6 is 22.9 Å². The summed E-state index contributed by atoms with van der Waals surface area (Å²) < 4.78 is 29.3. The fourth-order valence-electron chi connectivity index (χ4n) is 4.61. The number of carboxylic acid groups (broad SMARTS) is 1. The van der Waals surface area contributed by atoms with Crippen LogP contribution in [0.2, 0.25) is 5.02 Å². The van der Waals surface area contributed by atoms with Crippen molar-refractivity contribution < 1.29 is 23.8 Å². The molecule has 0 spiro atoms. The Morgan fingerprint density at radius 2 is 2.17 bits per heavy atom. The summed E-state index contributed by atoms with van der Waals surface area (Å²) in [5.41, 5.74) is -3.81. The van der Waals surface area contributed by atoms with Gasteiger partial charge in [-0.1, -0.05) is 23.7 Å². The maximum absolute atomic E-state index is 14.7. The van der Waals surface area contributed by atoms with E-state index >= 15 is 0 Å². The first-order chi connectivity index (χ1) is 16.5. The van der Waals surface area contributed by atoms with Crippen molar-refractivity contribution in [3.8, 4) is 0 Å². The second-order valence-corrected chi connectivity index (χ2v) is 9.98. The first kappa shape index (κ1) is 25.5. The Labute approximate surface area is 211 Å². The topological polar surface area (TPSA) is 98.6 Å². The van der Waals surface area contributed by atoms with Gasteiger partial charge in [-0.15, -0.1) is 11.3 Å². The number of halogens is 3. The van der Waals surface area contributed by atoms with Crippen LogP contribution in [-0.2, 0) is 16.8 Å². The second-order valence-electron chi connectivity index (χ2n) is 8.67. The molecular weight excluding hydrogens is 497 g/mol. The number of hydrogen-bond acceptors (Lipinski definition) is 7. The van der Waals surface area contributed by atoms with Crippen molar-refractivity contribution in [2.24, 2.45) is 5.41 Å². The molecular formula is C23H22BClF2N4O3S. The fraction of sp³-hybridized carbons (Fsp3) is 0.348. The van der Waals surface area contributed by atoms with Gasteiger partial charge in [-0.2, -0.15) is 0 Å². The Hall–Kier alpha value is -2.60. The van der Waals surface area contributed by atoms with Crippen LogP contribution in [0.4, 0.5) is 19.7 Å². The van der Waals surface area contributed by atoms with Crippen LogP contribution in [-0.4, -0.2) is 51.5 Å². The van der Waals surface area contributed by atoms with E-state index in [9.17, 15) is 23.8 Å². The van der Waals surface area contributed by atoms with Crippen molar-refractivity contribution in [2.45, 2.75) is 37.9 Å². The molecule has 1 fully saturated rings. The quantitative estimate of drug-likeness (QED) is 0.402. The van der Waals surface area contributed by atoms with Crippen LogP contribution in [0, 0.1) is 17.0 Å². The average molecular weight is 519 g/mol. The van der Waals surface area contributed by atoms with Crippen molar-refractivity contribution >= 4 is 47.7 Å². The molecule has 7 nitrogen and oxygen atoms in total. The van der Waals surface area contributed by atoms with E-state index < -0.39 is 34.7 Å². The van der Waals surface area contributed by atoms with E-state index in [0.29, 0.717) is 10.9 Å².